The molecule has 1 heteroatoms. The molecule has 1 fully saturated rings. The third-order valence-electron chi connectivity index (χ3n) is 4.05. The molecule has 0 N–H and O–H groups in total. The van der Waals surface area contributed by atoms with E-state index in [1.807, 2.05) is 0 Å². The van der Waals surface area contributed by atoms with Gasteiger partial charge in [0, 0.05) is 0 Å². The summed E-state index contributed by atoms with van der Waals surface area (Å²) in [4.78, 5) is 0. The average Bonchev–Trinajstić information content (AvgIpc) is 2.14. The molecule has 1 rings (SSSR count). The smallest absolute Gasteiger partial charge is 0.0697 e. The highest BCUT2D eigenvalue weighted by atomic mass is 14.2. The summed E-state index contributed by atoms with van der Waals surface area (Å²) in [5, 5.41) is 0. The molecule has 1 atom stereocenters. The van der Waals surface area contributed by atoms with Crippen molar-refractivity contribution in [2.24, 2.45) is 11.8 Å². The maximum atomic E-state index is 2.43. The highest BCUT2D eigenvalue weighted by Crippen LogP contribution is 2.31. The van der Waals surface area contributed by atoms with Crippen LogP contribution in [-0.4, -0.2) is 7.85 Å². The summed E-state index contributed by atoms with van der Waals surface area (Å²) in [6.07, 6.45) is 11.8. The van der Waals surface area contributed by atoms with Crippen LogP contribution in [0.25, 0.3) is 0 Å². The molecular formula is C13H27B. The number of rotatable bonds is 3. The molecule has 14 heavy (non-hydrogen) atoms. The lowest BCUT2D eigenvalue weighted by Crippen LogP contribution is -2.10. The van der Waals surface area contributed by atoms with E-state index in [2.05, 4.69) is 21.7 Å². The van der Waals surface area contributed by atoms with Crippen LogP contribution in [0, 0.1) is 11.8 Å². The third kappa shape index (κ3) is 4.53. The van der Waals surface area contributed by atoms with Crippen LogP contribution in [0.2, 0.25) is 5.82 Å². The van der Waals surface area contributed by atoms with Gasteiger partial charge in [0.15, 0.2) is 0 Å². The van der Waals surface area contributed by atoms with E-state index in [9.17, 15) is 0 Å². The highest BCUT2D eigenvalue weighted by molar-refractivity contribution is 6.11. The van der Waals surface area contributed by atoms with Gasteiger partial charge in [-0.2, -0.15) is 0 Å². The van der Waals surface area contributed by atoms with Crippen LogP contribution in [0.15, 0.2) is 0 Å². The Morgan fingerprint density at radius 1 is 1.14 bits per heavy atom. The fourth-order valence-corrected chi connectivity index (χ4v) is 2.77. The Kier molecular flexibility index (Phi) is 5.66. The minimum absolute atomic E-state index is 0.955. The molecule has 0 radical (unpaired) electrons. The van der Waals surface area contributed by atoms with Crippen molar-refractivity contribution in [3.05, 3.63) is 0 Å². The van der Waals surface area contributed by atoms with Gasteiger partial charge in [-0.3, -0.25) is 0 Å². The molecule has 0 heterocycles. The normalized spacial score (nSPS) is 31.9. The molecule has 0 aromatic carbocycles. The van der Waals surface area contributed by atoms with Gasteiger partial charge < -0.3 is 0 Å². The van der Waals surface area contributed by atoms with E-state index in [0.717, 1.165) is 17.7 Å². The van der Waals surface area contributed by atoms with Crippen LogP contribution in [0.3, 0.4) is 0 Å². The first-order valence-electron chi connectivity index (χ1n) is 6.72. The van der Waals surface area contributed by atoms with Crippen molar-refractivity contribution in [1.82, 2.24) is 0 Å². The van der Waals surface area contributed by atoms with Gasteiger partial charge in [0.1, 0.15) is 7.85 Å². The number of hydrogen-bond acceptors (Lipinski definition) is 0. The van der Waals surface area contributed by atoms with Crippen molar-refractivity contribution in [3.63, 3.8) is 0 Å². The Hall–Kier alpha value is 0.0649. The molecule has 1 saturated carbocycles. The quantitative estimate of drug-likeness (QED) is 0.599. The second-order valence-corrected chi connectivity index (χ2v) is 5.58. The summed E-state index contributed by atoms with van der Waals surface area (Å²) in [5.74, 6) is 3.01. The number of hydrogen-bond donors (Lipinski definition) is 0. The van der Waals surface area contributed by atoms with E-state index in [0.29, 0.717) is 0 Å². The fraction of sp³-hybridized carbons (Fsp3) is 1.00. The van der Waals surface area contributed by atoms with Crippen molar-refractivity contribution in [1.29, 1.82) is 0 Å². The average molecular weight is 194 g/mol. The second kappa shape index (κ2) is 6.53. The van der Waals surface area contributed by atoms with Crippen LogP contribution in [-0.2, 0) is 0 Å². The van der Waals surface area contributed by atoms with Crippen LogP contribution in [0.1, 0.15) is 65.2 Å². The van der Waals surface area contributed by atoms with Crippen molar-refractivity contribution in [2.45, 2.75) is 71.0 Å². The summed E-state index contributed by atoms with van der Waals surface area (Å²) < 4.78 is 0. The van der Waals surface area contributed by atoms with E-state index in [1.165, 1.54) is 51.4 Å². The molecular weight excluding hydrogens is 167 g/mol. The second-order valence-electron chi connectivity index (χ2n) is 5.58. The maximum Gasteiger partial charge on any atom is 0.105 e. The Bertz CT molecular complexity index is 134. The van der Waals surface area contributed by atoms with E-state index in [1.54, 1.807) is 0 Å². The lowest BCUT2D eigenvalue weighted by atomic mass is 9.74. The molecule has 0 saturated heterocycles. The molecule has 1 aliphatic rings. The Labute approximate surface area is 91.3 Å². The molecule has 0 aromatic rings. The molecule has 0 aliphatic heterocycles. The summed E-state index contributed by atoms with van der Waals surface area (Å²) in [6.45, 7) is 4.75. The standard InChI is InChI=1S/C13H27B/c1-3-13(14)10-12-8-4-6-11(2)7-5-9-12/h11-13H,3-10,14H2,1-2H3. The van der Waals surface area contributed by atoms with Crippen LogP contribution < -0.4 is 0 Å². The van der Waals surface area contributed by atoms with Crippen LogP contribution in [0.4, 0.5) is 0 Å². The van der Waals surface area contributed by atoms with Crippen molar-refractivity contribution >= 4 is 7.85 Å². The Morgan fingerprint density at radius 3 is 2.21 bits per heavy atom. The lowest BCUT2D eigenvalue weighted by Gasteiger charge is -2.24. The first-order chi connectivity index (χ1) is 6.72. The topological polar surface area (TPSA) is 0 Å². The summed E-state index contributed by atoms with van der Waals surface area (Å²) in [6, 6.07) is 0. The van der Waals surface area contributed by atoms with Gasteiger partial charge >= 0.3 is 0 Å². The van der Waals surface area contributed by atoms with Gasteiger partial charge in [0.2, 0.25) is 0 Å². The van der Waals surface area contributed by atoms with Gasteiger partial charge in [0.25, 0.3) is 0 Å². The Morgan fingerprint density at radius 2 is 1.71 bits per heavy atom. The molecule has 1 unspecified atom stereocenters. The Balaban J connectivity index is 2.24. The van der Waals surface area contributed by atoms with Gasteiger partial charge in [-0.15, -0.1) is 0 Å². The van der Waals surface area contributed by atoms with E-state index in [4.69, 9.17) is 0 Å². The van der Waals surface area contributed by atoms with Crippen molar-refractivity contribution < 1.29 is 0 Å². The summed E-state index contributed by atoms with van der Waals surface area (Å²) in [7, 11) is 2.42. The zero-order valence-electron chi connectivity index (χ0n) is 10.4. The molecule has 1 aliphatic carbocycles. The van der Waals surface area contributed by atoms with Crippen molar-refractivity contribution in [3.8, 4) is 0 Å². The zero-order chi connectivity index (χ0) is 10.4. The minimum atomic E-state index is 0.955. The molecule has 0 nitrogen and oxygen atoms in total. The largest absolute Gasteiger partial charge is 0.105 e. The predicted octanol–water partition coefficient (Wildman–Crippen LogP) is 3.81. The van der Waals surface area contributed by atoms with Crippen LogP contribution >= 0.6 is 0 Å². The van der Waals surface area contributed by atoms with E-state index >= 15 is 0 Å². The monoisotopic (exact) mass is 194 g/mol. The molecule has 82 valence electrons. The fourth-order valence-electron chi connectivity index (χ4n) is 2.77. The van der Waals surface area contributed by atoms with Gasteiger partial charge in [-0.25, -0.2) is 0 Å². The highest BCUT2D eigenvalue weighted by Gasteiger charge is 2.15. The lowest BCUT2D eigenvalue weighted by molar-refractivity contribution is 0.313. The SMILES string of the molecule is BC(CC)CC1CCCC(C)CCC1. The zero-order valence-corrected chi connectivity index (χ0v) is 10.4. The third-order valence-corrected chi connectivity index (χ3v) is 4.05. The first-order valence-corrected chi connectivity index (χ1v) is 6.72. The molecule has 0 spiro atoms. The van der Waals surface area contributed by atoms with Gasteiger partial charge in [-0.1, -0.05) is 71.0 Å². The molecule has 0 amide bonds. The molecule has 0 bridgehead atoms. The molecule has 0 aromatic heterocycles. The van der Waals surface area contributed by atoms with Crippen molar-refractivity contribution in [2.75, 3.05) is 0 Å². The maximum absolute atomic E-state index is 2.43. The minimum Gasteiger partial charge on any atom is -0.0697 e. The van der Waals surface area contributed by atoms with E-state index in [-0.39, 0.29) is 0 Å². The first kappa shape index (κ1) is 12.1. The van der Waals surface area contributed by atoms with Crippen LogP contribution in [0.5, 0.6) is 0 Å². The summed E-state index contributed by atoms with van der Waals surface area (Å²) in [5.41, 5.74) is 0. The van der Waals surface area contributed by atoms with Gasteiger partial charge in [-0.05, 0) is 11.8 Å². The van der Waals surface area contributed by atoms with E-state index < -0.39 is 0 Å². The summed E-state index contributed by atoms with van der Waals surface area (Å²) >= 11 is 0. The predicted molar refractivity (Wildman–Crippen MR) is 67.6 cm³/mol. The van der Waals surface area contributed by atoms with Gasteiger partial charge in [0.05, 0.1) is 0 Å².